The van der Waals surface area contributed by atoms with E-state index >= 15 is 0 Å². The fourth-order valence-corrected chi connectivity index (χ4v) is 4.23. The molecular weight excluding hydrogens is 426 g/mol. The van der Waals surface area contributed by atoms with Crippen LogP contribution in [0.1, 0.15) is 32.3 Å². The van der Waals surface area contributed by atoms with Crippen LogP contribution in [-0.4, -0.2) is 47.3 Å². The van der Waals surface area contributed by atoms with E-state index in [1.54, 1.807) is 23.5 Å². The third-order valence-corrected chi connectivity index (χ3v) is 5.88. The van der Waals surface area contributed by atoms with Crippen molar-refractivity contribution in [3.8, 4) is 10.6 Å². The first kappa shape index (κ1) is 23.8. The van der Waals surface area contributed by atoms with Gasteiger partial charge in [0, 0.05) is 17.9 Å². The number of thiazole rings is 1. The van der Waals surface area contributed by atoms with Crippen LogP contribution in [-0.2, 0) is 14.3 Å². The number of ether oxygens (including phenoxy) is 1. The Bertz CT molecular complexity index is 1060. The van der Waals surface area contributed by atoms with Gasteiger partial charge in [0.15, 0.2) is 0 Å². The summed E-state index contributed by atoms with van der Waals surface area (Å²) in [7, 11) is 0. The lowest BCUT2D eigenvalue weighted by Crippen LogP contribution is -2.40. The van der Waals surface area contributed by atoms with Gasteiger partial charge in [0.2, 0.25) is 5.91 Å². The first-order valence-corrected chi connectivity index (χ1v) is 11.5. The number of carboxylic acids is 1. The number of aryl methyl sites for hydroxylation is 1. The van der Waals surface area contributed by atoms with Crippen LogP contribution in [0.25, 0.3) is 20.8 Å². The molecule has 3 aromatic rings. The molecule has 2 aromatic carbocycles. The van der Waals surface area contributed by atoms with Crippen molar-refractivity contribution in [1.82, 2.24) is 10.3 Å². The number of nitrogens with zero attached hydrogens (tertiary/aromatic N) is 1. The van der Waals surface area contributed by atoms with Crippen LogP contribution in [0.4, 0.5) is 5.69 Å². The average molecular weight is 456 g/mol. The molecule has 1 heterocycles. The summed E-state index contributed by atoms with van der Waals surface area (Å²) in [5.41, 5.74) is 3.75. The molecule has 0 aliphatic carbocycles. The van der Waals surface area contributed by atoms with Crippen LogP contribution in [0.5, 0.6) is 0 Å². The SMILES string of the molecule is Cc1ccc2nc(-c3ccc(NC(=O)CC(NCCCOC(C)C)C(=O)O)cc3)sc2c1. The minimum Gasteiger partial charge on any atom is -0.480 e. The van der Waals surface area contributed by atoms with E-state index in [1.165, 1.54) is 5.56 Å². The van der Waals surface area contributed by atoms with Crippen LogP contribution in [0.2, 0.25) is 0 Å². The summed E-state index contributed by atoms with van der Waals surface area (Å²) in [5.74, 6) is -1.40. The maximum Gasteiger partial charge on any atom is 0.321 e. The van der Waals surface area contributed by atoms with E-state index in [0.29, 0.717) is 25.3 Å². The number of carboxylic acid groups (broad SMARTS) is 1. The van der Waals surface area contributed by atoms with E-state index in [-0.39, 0.29) is 18.4 Å². The minimum absolute atomic E-state index is 0.140. The topological polar surface area (TPSA) is 101 Å². The number of aromatic nitrogens is 1. The van der Waals surface area contributed by atoms with Crippen LogP contribution < -0.4 is 10.6 Å². The Balaban J connectivity index is 1.54. The van der Waals surface area contributed by atoms with E-state index in [2.05, 4.69) is 28.6 Å². The largest absolute Gasteiger partial charge is 0.480 e. The monoisotopic (exact) mass is 455 g/mol. The van der Waals surface area contributed by atoms with Crippen molar-refractivity contribution < 1.29 is 19.4 Å². The molecule has 7 nitrogen and oxygen atoms in total. The lowest BCUT2D eigenvalue weighted by atomic mass is 10.1. The number of nitrogens with one attached hydrogen (secondary N) is 2. The highest BCUT2D eigenvalue weighted by Crippen LogP contribution is 2.31. The van der Waals surface area contributed by atoms with Gasteiger partial charge in [0.25, 0.3) is 0 Å². The van der Waals surface area contributed by atoms with Gasteiger partial charge in [0.1, 0.15) is 11.0 Å². The maximum absolute atomic E-state index is 12.4. The van der Waals surface area contributed by atoms with E-state index in [0.717, 1.165) is 20.8 Å². The Hall–Kier alpha value is -2.81. The highest BCUT2D eigenvalue weighted by Gasteiger charge is 2.20. The summed E-state index contributed by atoms with van der Waals surface area (Å²) in [6.07, 6.45) is 0.664. The lowest BCUT2D eigenvalue weighted by molar-refractivity contribution is -0.141. The van der Waals surface area contributed by atoms with E-state index in [4.69, 9.17) is 4.74 Å². The van der Waals surface area contributed by atoms with Crippen molar-refractivity contribution in [2.24, 2.45) is 0 Å². The molecule has 8 heteroatoms. The van der Waals surface area contributed by atoms with Gasteiger partial charge in [-0.15, -0.1) is 11.3 Å². The number of hydrogen-bond donors (Lipinski definition) is 3. The van der Waals surface area contributed by atoms with Gasteiger partial charge >= 0.3 is 5.97 Å². The van der Waals surface area contributed by atoms with E-state index < -0.39 is 12.0 Å². The number of hydrogen-bond acceptors (Lipinski definition) is 6. The second kappa shape index (κ2) is 11.2. The van der Waals surface area contributed by atoms with Gasteiger partial charge in [0.05, 0.1) is 22.7 Å². The molecule has 3 rings (SSSR count). The van der Waals surface area contributed by atoms with Gasteiger partial charge in [-0.05, 0) is 75.7 Å². The standard InChI is InChI=1S/C24H29N3O4S/c1-15(2)31-12-4-11-25-20(24(29)30)14-22(28)26-18-8-6-17(7-9-18)23-27-19-10-5-16(3)13-21(19)32-23/h5-10,13,15,20,25H,4,11-12,14H2,1-3H3,(H,26,28)(H,29,30). The molecule has 1 amide bonds. The third-order valence-electron chi connectivity index (χ3n) is 4.81. The molecule has 0 radical (unpaired) electrons. The van der Waals surface area contributed by atoms with Gasteiger partial charge in [-0.2, -0.15) is 0 Å². The van der Waals surface area contributed by atoms with Gasteiger partial charge in [-0.1, -0.05) is 6.07 Å². The average Bonchev–Trinajstić information content (AvgIpc) is 3.16. The highest BCUT2D eigenvalue weighted by molar-refractivity contribution is 7.21. The minimum atomic E-state index is -1.05. The zero-order chi connectivity index (χ0) is 23.1. The number of fused-ring (bicyclic) bond motifs is 1. The number of carbonyl (C=O) groups excluding carboxylic acids is 1. The molecule has 0 aliphatic rings. The molecule has 1 unspecified atom stereocenters. The first-order valence-electron chi connectivity index (χ1n) is 10.7. The smallest absolute Gasteiger partial charge is 0.321 e. The third kappa shape index (κ3) is 6.85. The Kier molecular flexibility index (Phi) is 8.33. The fourth-order valence-electron chi connectivity index (χ4n) is 3.16. The summed E-state index contributed by atoms with van der Waals surface area (Å²) in [6, 6.07) is 12.7. The molecular formula is C24H29N3O4S. The van der Waals surface area contributed by atoms with Gasteiger partial charge < -0.3 is 20.5 Å². The van der Waals surface area contributed by atoms with Crippen LogP contribution in [0, 0.1) is 6.92 Å². The van der Waals surface area contributed by atoms with E-state index in [9.17, 15) is 14.7 Å². The van der Waals surface area contributed by atoms with Crippen molar-refractivity contribution in [3.05, 3.63) is 48.0 Å². The molecule has 0 saturated heterocycles. The van der Waals surface area contributed by atoms with E-state index in [1.807, 2.05) is 38.1 Å². The second-order valence-electron chi connectivity index (χ2n) is 7.94. The van der Waals surface area contributed by atoms with Crippen LogP contribution in [0.3, 0.4) is 0 Å². The number of carbonyl (C=O) groups is 2. The number of amides is 1. The Morgan fingerprint density at radius 2 is 1.91 bits per heavy atom. The molecule has 0 bridgehead atoms. The number of rotatable bonds is 11. The van der Waals surface area contributed by atoms with Gasteiger partial charge in [-0.25, -0.2) is 4.98 Å². The molecule has 0 fully saturated rings. The van der Waals surface area contributed by atoms with Crippen molar-refractivity contribution in [3.63, 3.8) is 0 Å². The molecule has 3 N–H and O–H groups in total. The molecule has 0 spiro atoms. The lowest BCUT2D eigenvalue weighted by Gasteiger charge is -2.15. The predicted molar refractivity (Wildman–Crippen MR) is 128 cm³/mol. The van der Waals surface area contributed by atoms with Gasteiger partial charge in [-0.3, -0.25) is 9.59 Å². The Morgan fingerprint density at radius 1 is 1.16 bits per heavy atom. The Morgan fingerprint density at radius 3 is 2.59 bits per heavy atom. The highest BCUT2D eigenvalue weighted by atomic mass is 32.1. The summed E-state index contributed by atoms with van der Waals surface area (Å²) < 4.78 is 6.58. The number of anilines is 1. The van der Waals surface area contributed by atoms with Crippen molar-refractivity contribution in [2.75, 3.05) is 18.5 Å². The summed E-state index contributed by atoms with van der Waals surface area (Å²) in [6.45, 7) is 6.97. The number of benzene rings is 2. The molecule has 0 aliphatic heterocycles. The fraction of sp³-hybridized carbons (Fsp3) is 0.375. The maximum atomic E-state index is 12.4. The Labute approximate surface area is 191 Å². The van der Waals surface area contributed by atoms with Crippen molar-refractivity contribution >= 4 is 39.1 Å². The normalized spacial score (nSPS) is 12.2. The second-order valence-corrected chi connectivity index (χ2v) is 8.97. The zero-order valence-electron chi connectivity index (χ0n) is 18.6. The van der Waals surface area contributed by atoms with Crippen LogP contribution in [0.15, 0.2) is 42.5 Å². The zero-order valence-corrected chi connectivity index (χ0v) is 19.4. The molecule has 32 heavy (non-hydrogen) atoms. The molecule has 1 atom stereocenters. The quantitative estimate of drug-likeness (QED) is 0.369. The number of aliphatic carboxylic acids is 1. The summed E-state index contributed by atoms with van der Waals surface area (Å²) >= 11 is 1.63. The van der Waals surface area contributed by atoms with Crippen molar-refractivity contribution in [2.45, 2.75) is 45.8 Å². The molecule has 1 aromatic heterocycles. The predicted octanol–water partition coefficient (Wildman–Crippen LogP) is 4.46. The first-order chi connectivity index (χ1) is 15.3. The van der Waals surface area contributed by atoms with Crippen molar-refractivity contribution in [1.29, 1.82) is 0 Å². The van der Waals surface area contributed by atoms with Crippen LogP contribution >= 0.6 is 11.3 Å². The summed E-state index contributed by atoms with van der Waals surface area (Å²) in [4.78, 5) is 28.5. The summed E-state index contributed by atoms with van der Waals surface area (Å²) in [5, 5.41) is 16.0. The molecule has 170 valence electrons. The molecule has 0 saturated carbocycles.